The Bertz CT molecular complexity index is 763. The molecule has 0 aromatic heterocycles. The van der Waals surface area contributed by atoms with Crippen LogP contribution >= 0.6 is 0 Å². The summed E-state index contributed by atoms with van der Waals surface area (Å²) in [6.45, 7) is 0. The molecular formula is C20H18O2. The highest BCUT2D eigenvalue weighted by Crippen LogP contribution is 2.45. The summed E-state index contributed by atoms with van der Waals surface area (Å²) in [5.41, 5.74) is 3.82. The third kappa shape index (κ3) is 1.87. The first-order valence-corrected chi connectivity index (χ1v) is 7.93. The Morgan fingerprint density at radius 2 is 1.41 bits per heavy atom. The fourth-order valence-corrected chi connectivity index (χ4v) is 4.07. The first-order valence-electron chi connectivity index (χ1n) is 7.93. The van der Waals surface area contributed by atoms with Gasteiger partial charge in [0, 0.05) is 18.4 Å². The summed E-state index contributed by atoms with van der Waals surface area (Å²) in [6.07, 6.45) is 3.13. The quantitative estimate of drug-likeness (QED) is 0.738. The van der Waals surface area contributed by atoms with Gasteiger partial charge < -0.3 is 0 Å². The number of hydrogen-bond acceptors (Lipinski definition) is 2. The summed E-state index contributed by atoms with van der Waals surface area (Å²) >= 11 is 0. The van der Waals surface area contributed by atoms with E-state index in [9.17, 15) is 9.59 Å². The molecule has 4 rings (SSSR count). The van der Waals surface area contributed by atoms with Gasteiger partial charge in [-0.15, -0.1) is 0 Å². The highest BCUT2D eigenvalue weighted by molar-refractivity contribution is 6.07. The molecule has 0 radical (unpaired) electrons. The number of carbonyl (C=O) groups excluding carboxylic acids is 2. The van der Waals surface area contributed by atoms with Gasteiger partial charge in [-0.2, -0.15) is 0 Å². The van der Waals surface area contributed by atoms with Crippen LogP contribution in [0.3, 0.4) is 0 Å². The number of ketones is 2. The smallest absolute Gasteiger partial charge is 0.173 e. The Kier molecular flexibility index (Phi) is 3.00. The Labute approximate surface area is 130 Å². The van der Waals surface area contributed by atoms with Gasteiger partial charge in [0.05, 0.1) is 5.41 Å². The first-order chi connectivity index (χ1) is 10.7. The van der Waals surface area contributed by atoms with Crippen molar-refractivity contribution in [3.63, 3.8) is 0 Å². The Morgan fingerprint density at radius 1 is 0.773 bits per heavy atom. The zero-order chi connectivity index (χ0) is 15.2. The molecule has 2 aromatic carbocycles. The molecule has 0 aliphatic heterocycles. The second-order valence-corrected chi connectivity index (χ2v) is 6.44. The number of hydrogen-bond donors (Lipinski definition) is 0. The molecular weight excluding hydrogens is 272 g/mol. The summed E-state index contributed by atoms with van der Waals surface area (Å²) in [5.74, 6) is 0.494. The van der Waals surface area contributed by atoms with E-state index in [0.717, 1.165) is 23.1 Å². The minimum absolute atomic E-state index is 0.209. The lowest BCUT2D eigenvalue weighted by molar-refractivity contribution is -0.121. The average Bonchev–Trinajstić information content (AvgIpc) is 2.65. The molecule has 0 saturated heterocycles. The van der Waals surface area contributed by atoms with E-state index in [4.69, 9.17) is 0 Å². The standard InChI is InChI=1S/C20H18O2/c21-16-9-11-20(12-10-16)18-8-4-2-6-15(18)13-14-5-1-3-7-17(14)19(20)22/h1-8H,9-13H2. The van der Waals surface area contributed by atoms with E-state index in [2.05, 4.69) is 18.2 Å². The topological polar surface area (TPSA) is 34.1 Å². The summed E-state index contributed by atoms with van der Waals surface area (Å²) in [7, 11) is 0. The summed E-state index contributed by atoms with van der Waals surface area (Å²) in [6, 6.07) is 16.2. The zero-order valence-corrected chi connectivity index (χ0v) is 12.5. The maximum absolute atomic E-state index is 13.4. The van der Waals surface area contributed by atoms with Crippen LogP contribution in [0.25, 0.3) is 0 Å². The van der Waals surface area contributed by atoms with E-state index < -0.39 is 5.41 Å². The molecule has 0 unspecified atom stereocenters. The van der Waals surface area contributed by atoms with Gasteiger partial charge in [0.15, 0.2) is 5.78 Å². The molecule has 1 spiro atoms. The monoisotopic (exact) mass is 290 g/mol. The van der Waals surface area contributed by atoms with Gasteiger partial charge in [-0.1, -0.05) is 48.5 Å². The van der Waals surface area contributed by atoms with E-state index in [0.29, 0.717) is 25.7 Å². The normalized spacial score (nSPS) is 19.5. The molecule has 2 nitrogen and oxygen atoms in total. The fraction of sp³-hybridized carbons (Fsp3) is 0.300. The molecule has 0 atom stereocenters. The van der Waals surface area contributed by atoms with Gasteiger partial charge in [0.2, 0.25) is 0 Å². The first kappa shape index (κ1) is 13.4. The van der Waals surface area contributed by atoms with E-state index in [1.807, 2.05) is 30.3 Å². The highest BCUT2D eigenvalue weighted by Gasteiger charge is 2.46. The second-order valence-electron chi connectivity index (χ2n) is 6.44. The largest absolute Gasteiger partial charge is 0.300 e. The zero-order valence-electron chi connectivity index (χ0n) is 12.5. The van der Waals surface area contributed by atoms with Gasteiger partial charge >= 0.3 is 0 Å². The lowest BCUT2D eigenvalue weighted by atomic mass is 9.65. The highest BCUT2D eigenvalue weighted by atomic mass is 16.1. The van der Waals surface area contributed by atoms with Crippen LogP contribution in [-0.2, 0) is 16.6 Å². The fourth-order valence-electron chi connectivity index (χ4n) is 4.07. The van der Waals surface area contributed by atoms with Crippen molar-refractivity contribution in [3.05, 3.63) is 70.8 Å². The van der Waals surface area contributed by atoms with E-state index in [1.54, 1.807) is 0 Å². The SMILES string of the molecule is O=C1CCC2(CC1)C(=O)c1ccccc1Cc1ccccc12. The Balaban J connectivity index is 1.96. The molecule has 22 heavy (non-hydrogen) atoms. The predicted octanol–water partition coefficient (Wildman–Crippen LogP) is 3.85. The summed E-state index contributed by atoms with van der Waals surface area (Å²) < 4.78 is 0. The van der Waals surface area contributed by atoms with Crippen LogP contribution in [0.4, 0.5) is 0 Å². The molecule has 0 bridgehead atoms. The second kappa shape index (κ2) is 4.91. The van der Waals surface area contributed by atoms with Crippen molar-refractivity contribution >= 4 is 11.6 Å². The molecule has 1 fully saturated rings. The van der Waals surface area contributed by atoms with Crippen molar-refractivity contribution in [1.29, 1.82) is 0 Å². The van der Waals surface area contributed by atoms with E-state index >= 15 is 0 Å². The van der Waals surface area contributed by atoms with Crippen LogP contribution in [0, 0.1) is 0 Å². The average molecular weight is 290 g/mol. The molecule has 110 valence electrons. The lowest BCUT2D eigenvalue weighted by Gasteiger charge is -2.36. The van der Waals surface area contributed by atoms with E-state index in [-0.39, 0.29) is 11.6 Å². The van der Waals surface area contributed by atoms with Gasteiger partial charge in [-0.05, 0) is 36.0 Å². The van der Waals surface area contributed by atoms with Crippen molar-refractivity contribution in [2.24, 2.45) is 0 Å². The molecule has 0 N–H and O–H groups in total. The van der Waals surface area contributed by atoms with E-state index in [1.165, 1.54) is 5.56 Å². The predicted molar refractivity (Wildman–Crippen MR) is 85.2 cm³/mol. The summed E-state index contributed by atoms with van der Waals surface area (Å²) in [4.78, 5) is 25.1. The van der Waals surface area contributed by atoms with Crippen LogP contribution in [-0.4, -0.2) is 11.6 Å². The van der Waals surface area contributed by atoms with Crippen LogP contribution in [0.15, 0.2) is 48.5 Å². The van der Waals surface area contributed by atoms with Crippen molar-refractivity contribution in [1.82, 2.24) is 0 Å². The van der Waals surface area contributed by atoms with Crippen LogP contribution in [0.1, 0.15) is 52.7 Å². The minimum Gasteiger partial charge on any atom is -0.300 e. The molecule has 1 saturated carbocycles. The third-order valence-corrected chi connectivity index (χ3v) is 5.27. The van der Waals surface area contributed by atoms with Crippen molar-refractivity contribution < 1.29 is 9.59 Å². The molecule has 0 heterocycles. The summed E-state index contributed by atoms with van der Waals surface area (Å²) in [5, 5.41) is 0. The van der Waals surface area contributed by atoms with Crippen molar-refractivity contribution in [2.45, 2.75) is 37.5 Å². The molecule has 2 aliphatic carbocycles. The van der Waals surface area contributed by atoms with Gasteiger partial charge in [0.1, 0.15) is 5.78 Å². The number of benzene rings is 2. The number of rotatable bonds is 0. The maximum atomic E-state index is 13.4. The Morgan fingerprint density at radius 3 is 2.18 bits per heavy atom. The number of Topliss-reactive ketones (excluding diaryl/α,β-unsaturated/α-hetero) is 2. The van der Waals surface area contributed by atoms with Crippen LogP contribution in [0.5, 0.6) is 0 Å². The van der Waals surface area contributed by atoms with Gasteiger partial charge in [-0.25, -0.2) is 0 Å². The maximum Gasteiger partial charge on any atom is 0.173 e. The molecule has 2 aromatic rings. The van der Waals surface area contributed by atoms with Crippen LogP contribution in [0.2, 0.25) is 0 Å². The van der Waals surface area contributed by atoms with Crippen molar-refractivity contribution in [2.75, 3.05) is 0 Å². The van der Waals surface area contributed by atoms with Crippen LogP contribution < -0.4 is 0 Å². The third-order valence-electron chi connectivity index (χ3n) is 5.27. The molecule has 2 heteroatoms. The lowest BCUT2D eigenvalue weighted by Crippen LogP contribution is -2.40. The van der Waals surface area contributed by atoms with Gasteiger partial charge in [0.25, 0.3) is 0 Å². The van der Waals surface area contributed by atoms with Crippen molar-refractivity contribution in [3.8, 4) is 0 Å². The minimum atomic E-state index is -0.503. The molecule has 0 amide bonds. The van der Waals surface area contributed by atoms with Gasteiger partial charge in [-0.3, -0.25) is 9.59 Å². The Hall–Kier alpha value is -2.22. The number of carbonyl (C=O) groups is 2. The molecule has 2 aliphatic rings. The number of fused-ring (bicyclic) bond motifs is 3.